The van der Waals surface area contributed by atoms with Gasteiger partial charge in [-0.25, -0.2) is 4.79 Å². The minimum atomic E-state index is -0.336. The SMILES string of the molecule is COC(=O)c1ccnc2ccc(N3CCCOC[C@H]3C)cc12. The van der Waals surface area contributed by atoms with Gasteiger partial charge in [0, 0.05) is 36.5 Å². The third kappa shape index (κ3) is 2.76. The maximum Gasteiger partial charge on any atom is 0.338 e. The van der Waals surface area contributed by atoms with Crippen LogP contribution < -0.4 is 4.90 Å². The van der Waals surface area contributed by atoms with Crippen LogP contribution in [-0.2, 0) is 9.47 Å². The molecule has 2 aromatic rings. The van der Waals surface area contributed by atoms with E-state index < -0.39 is 0 Å². The fourth-order valence-electron chi connectivity index (χ4n) is 2.89. The van der Waals surface area contributed by atoms with Crippen molar-refractivity contribution in [3.05, 3.63) is 36.0 Å². The van der Waals surface area contributed by atoms with Gasteiger partial charge in [0.25, 0.3) is 0 Å². The zero-order chi connectivity index (χ0) is 15.5. The van der Waals surface area contributed by atoms with E-state index in [0.29, 0.717) is 11.6 Å². The van der Waals surface area contributed by atoms with Crippen LogP contribution in [0.3, 0.4) is 0 Å². The van der Waals surface area contributed by atoms with Crippen molar-refractivity contribution >= 4 is 22.6 Å². The number of rotatable bonds is 2. The van der Waals surface area contributed by atoms with Gasteiger partial charge in [0.1, 0.15) is 0 Å². The first-order valence-corrected chi connectivity index (χ1v) is 7.52. The second kappa shape index (κ2) is 6.32. The molecule has 2 heterocycles. The van der Waals surface area contributed by atoms with Crippen molar-refractivity contribution in [1.29, 1.82) is 0 Å². The van der Waals surface area contributed by atoms with E-state index in [1.807, 2.05) is 12.1 Å². The van der Waals surface area contributed by atoms with E-state index in [0.717, 1.165) is 42.8 Å². The number of methoxy groups -OCH3 is 1. The van der Waals surface area contributed by atoms with Crippen molar-refractivity contribution in [1.82, 2.24) is 4.98 Å². The van der Waals surface area contributed by atoms with Gasteiger partial charge < -0.3 is 14.4 Å². The minimum absolute atomic E-state index is 0.304. The first-order valence-electron chi connectivity index (χ1n) is 7.52. The van der Waals surface area contributed by atoms with Gasteiger partial charge in [0.15, 0.2) is 0 Å². The number of pyridine rings is 1. The fraction of sp³-hybridized carbons (Fsp3) is 0.412. The van der Waals surface area contributed by atoms with Gasteiger partial charge in [-0.1, -0.05) is 0 Å². The van der Waals surface area contributed by atoms with E-state index in [9.17, 15) is 4.79 Å². The summed E-state index contributed by atoms with van der Waals surface area (Å²) in [6, 6.07) is 8.04. The quantitative estimate of drug-likeness (QED) is 0.798. The van der Waals surface area contributed by atoms with Crippen molar-refractivity contribution in [2.45, 2.75) is 19.4 Å². The van der Waals surface area contributed by atoms with Crippen LogP contribution in [0.25, 0.3) is 10.9 Å². The van der Waals surface area contributed by atoms with Crippen LogP contribution in [0.2, 0.25) is 0 Å². The third-order valence-corrected chi connectivity index (χ3v) is 4.04. The summed E-state index contributed by atoms with van der Waals surface area (Å²) in [7, 11) is 1.40. The van der Waals surface area contributed by atoms with Crippen LogP contribution in [0.5, 0.6) is 0 Å². The smallest absolute Gasteiger partial charge is 0.338 e. The zero-order valence-electron chi connectivity index (χ0n) is 12.9. The van der Waals surface area contributed by atoms with Gasteiger partial charge in [-0.15, -0.1) is 0 Å². The highest BCUT2D eigenvalue weighted by Gasteiger charge is 2.19. The molecule has 0 spiro atoms. The largest absolute Gasteiger partial charge is 0.465 e. The molecule has 5 nitrogen and oxygen atoms in total. The molecule has 0 aliphatic carbocycles. The Labute approximate surface area is 129 Å². The number of fused-ring (bicyclic) bond motifs is 1. The number of hydrogen-bond donors (Lipinski definition) is 0. The van der Waals surface area contributed by atoms with Crippen molar-refractivity contribution in [3.63, 3.8) is 0 Å². The molecule has 0 saturated carbocycles. The Hall–Kier alpha value is -2.14. The first-order chi connectivity index (χ1) is 10.7. The van der Waals surface area contributed by atoms with Gasteiger partial charge in [-0.3, -0.25) is 4.98 Å². The Morgan fingerprint density at radius 1 is 1.41 bits per heavy atom. The Morgan fingerprint density at radius 3 is 3.09 bits per heavy atom. The molecule has 0 unspecified atom stereocenters. The van der Waals surface area contributed by atoms with Gasteiger partial charge in [-0.2, -0.15) is 0 Å². The Morgan fingerprint density at radius 2 is 2.27 bits per heavy atom. The standard InChI is InChI=1S/C17H20N2O3/c1-12-11-22-9-3-8-19(12)13-4-5-16-15(10-13)14(6-7-18-16)17(20)21-2/h4-7,10,12H,3,8-9,11H2,1-2H3/t12-/m1/s1. The summed E-state index contributed by atoms with van der Waals surface area (Å²) in [4.78, 5) is 18.6. The molecule has 0 bridgehead atoms. The van der Waals surface area contributed by atoms with Crippen molar-refractivity contribution in [2.24, 2.45) is 0 Å². The van der Waals surface area contributed by atoms with E-state index in [2.05, 4.69) is 22.9 Å². The number of carbonyl (C=O) groups is 1. The van der Waals surface area contributed by atoms with Crippen LogP contribution in [0.1, 0.15) is 23.7 Å². The van der Waals surface area contributed by atoms with Crippen molar-refractivity contribution < 1.29 is 14.3 Å². The molecule has 0 radical (unpaired) electrons. The van der Waals surface area contributed by atoms with Crippen LogP contribution in [0.4, 0.5) is 5.69 Å². The third-order valence-electron chi connectivity index (χ3n) is 4.04. The molecule has 1 fully saturated rings. The molecule has 1 atom stereocenters. The van der Waals surface area contributed by atoms with Gasteiger partial charge in [0.05, 0.1) is 24.8 Å². The number of aromatic nitrogens is 1. The molecule has 0 N–H and O–H groups in total. The molecule has 1 aliphatic heterocycles. The fourth-order valence-corrected chi connectivity index (χ4v) is 2.89. The lowest BCUT2D eigenvalue weighted by molar-refractivity contribution is 0.0603. The average Bonchev–Trinajstić information content (AvgIpc) is 2.77. The molecule has 22 heavy (non-hydrogen) atoms. The van der Waals surface area contributed by atoms with Crippen molar-refractivity contribution in [3.8, 4) is 0 Å². The number of carbonyl (C=O) groups excluding carboxylic acids is 1. The molecule has 1 saturated heterocycles. The molecular weight excluding hydrogens is 280 g/mol. The van der Waals surface area contributed by atoms with E-state index in [-0.39, 0.29) is 5.97 Å². The van der Waals surface area contributed by atoms with Crippen LogP contribution in [-0.4, -0.2) is 43.9 Å². The monoisotopic (exact) mass is 300 g/mol. The summed E-state index contributed by atoms with van der Waals surface area (Å²) in [6.07, 6.45) is 2.63. The van der Waals surface area contributed by atoms with Crippen LogP contribution in [0, 0.1) is 0 Å². The Balaban J connectivity index is 2.06. The molecule has 0 amide bonds. The number of benzene rings is 1. The number of esters is 1. The van der Waals surface area contributed by atoms with Crippen LogP contribution >= 0.6 is 0 Å². The topological polar surface area (TPSA) is 51.7 Å². The first kappa shape index (κ1) is 14.8. The summed E-state index contributed by atoms with van der Waals surface area (Å²) in [5.41, 5.74) is 2.43. The minimum Gasteiger partial charge on any atom is -0.465 e. The second-order valence-electron chi connectivity index (χ2n) is 5.52. The highest BCUT2D eigenvalue weighted by molar-refractivity contribution is 6.04. The molecule has 116 valence electrons. The predicted molar refractivity (Wildman–Crippen MR) is 85.3 cm³/mol. The second-order valence-corrected chi connectivity index (χ2v) is 5.52. The molecule has 1 aliphatic rings. The van der Waals surface area contributed by atoms with E-state index in [4.69, 9.17) is 9.47 Å². The van der Waals surface area contributed by atoms with E-state index >= 15 is 0 Å². The number of nitrogens with zero attached hydrogens (tertiary/aromatic N) is 2. The van der Waals surface area contributed by atoms with Gasteiger partial charge in [0.2, 0.25) is 0 Å². The number of anilines is 1. The molecule has 5 heteroatoms. The lowest BCUT2D eigenvalue weighted by atomic mass is 10.1. The van der Waals surface area contributed by atoms with Crippen LogP contribution in [0.15, 0.2) is 30.5 Å². The molecule has 3 rings (SSSR count). The van der Waals surface area contributed by atoms with E-state index in [1.54, 1.807) is 12.3 Å². The summed E-state index contributed by atoms with van der Waals surface area (Å²) in [6.45, 7) is 4.61. The lowest BCUT2D eigenvalue weighted by Gasteiger charge is -2.29. The summed E-state index contributed by atoms with van der Waals surface area (Å²) in [5, 5.41) is 0.823. The number of hydrogen-bond acceptors (Lipinski definition) is 5. The highest BCUT2D eigenvalue weighted by atomic mass is 16.5. The van der Waals surface area contributed by atoms with Crippen molar-refractivity contribution in [2.75, 3.05) is 31.8 Å². The maximum absolute atomic E-state index is 12.0. The van der Waals surface area contributed by atoms with Gasteiger partial charge in [-0.05, 0) is 37.6 Å². The Kier molecular flexibility index (Phi) is 4.24. The molecule has 1 aromatic heterocycles. The normalized spacial score (nSPS) is 19.0. The average molecular weight is 300 g/mol. The Bertz CT molecular complexity index is 687. The summed E-state index contributed by atoms with van der Waals surface area (Å²) >= 11 is 0. The predicted octanol–water partition coefficient (Wildman–Crippen LogP) is 2.64. The molecular formula is C17H20N2O3. The number of ether oxygens (including phenoxy) is 2. The maximum atomic E-state index is 12.0. The zero-order valence-corrected chi connectivity index (χ0v) is 12.9. The summed E-state index contributed by atoms with van der Waals surface area (Å²) < 4.78 is 10.5. The summed E-state index contributed by atoms with van der Waals surface area (Å²) in [5.74, 6) is -0.336. The van der Waals surface area contributed by atoms with E-state index in [1.165, 1.54) is 7.11 Å². The highest BCUT2D eigenvalue weighted by Crippen LogP contribution is 2.26. The van der Waals surface area contributed by atoms with Gasteiger partial charge >= 0.3 is 5.97 Å². The lowest BCUT2D eigenvalue weighted by Crippen LogP contribution is -2.35. The molecule has 1 aromatic carbocycles.